The van der Waals surface area contributed by atoms with E-state index in [0.717, 1.165) is 18.4 Å². The molecule has 0 radical (unpaired) electrons. The van der Waals surface area contributed by atoms with Crippen molar-refractivity contribution in [2.75, 3.05) is 13.2 Å². The first-order valence-corrected chi connectivity index (χ1v) is 7.71. The predicted molar refractivity (Wildman–Crippen MR) is 71.3 cm³/mol. The number of ether oxygens (including phenoxy) is 1. The van der Waals surface area contributed by atoms with E-state index in [9.17, 15) is 8.42 Å². The van der Waals surface area contributed by atoms with Gasteiger partial charge in [-0.1, -0.05) is 17.7 Å². The first-order chi connectivity index (χ1) is 8.97. The number of rotatable bonds is 4. The monoisotopic (exact) mass is 285 g/mol. The van der Waals surface area contributed by atoms with Gasteiger partial charge in [0.1, 0.15) is 0 Å². The summed E-state index contributed by atoms with van der Waals surface area (Å²) < 4.78 is 34.4. The van der Waals surface area contributed by atoms with Gasteiger partial charge in [-0.15, -0.1) is 0 Å². The molecule has 2 atom stereocenters. The number of nitrogens with two attached hydrogens (primary N) is 1. The third-order valence-electron chi connectivity index (χ3n) is 3.12. The van der Waals surface area contributed by atoms with E-state index in [1.54, 1.807) is 24.3 Å². The van der Waals surface area contributed by atoms with Gasteiger partial charge in [-0.05, 0) is 31.9 Å². The molecular weight excluding hydrogens is 266 g/mol. The molecule has 0 spiro atoms. The van der Waals surface area contributed by atoms with Gasteiger partial charge in [-0.25, -0.2) is 0 Å². The van der Waals surface area contributed by atoms with Gasteiger partial charge in [-0.2, -0.15) is 8.42 Å². The Hall–Kier alpha value is -0.950. The molecule has 0 aromatic heterocycles. The smallest absolute Gasteiger partial charge is 0.297 e. The van der Waals surface area contributed by atoms with Gasteiger partial charge in [0.05, 0.1) is 24.2 Å². The lowest BCUT2D eigenvalue weighted by Gasteiger charge is -2.26. The molecule has 1 heterocycles. The summed E-state index contributed by atoms with van der Waals surface area (Å²) in [4.78, 5) is 0.172. The maximum Gasteiger partial charge on any atom is 0.297 e. The molecule has 0 aliphatic carbocycles. The van der Waals surface area contributed by atoms with Crippen molar-refractivity contribution in [3.05, 3.63) is 29.8 Å². The van der Waals surface area contributed by atoms with Crippen LogP contribution >= 0.6 is 0 Å². The highest BCUT2D eigenvalue weighted by molar-refractivity contribution is 7.86. The van der Waals surface area contributed by atoms with E-state index in [4.69, 9.17) is 14.7 Å². The summed E-state index contributed by atoms with van der Waals surface area (Å²) in [6.07, 6.45) is 1.36. The van der Waals surface area contributed by atoms with Gasteiger partial charge in [-0.3, -0.25) is 4.18 Å². The second-order valence-corrected chi connectivity index (χ2v) is 6.46. The molecule has 106 valence electrons. The minimum absolute atomic E-state index is 0.0446. The van der Waals surface area contributed by atoms with Crippen molar-refractivity contribution in [2.24, 2.45) is 5.73 Å². The molecule has 1 aromatic carbocycles. The summed E-state index contributed by atoms with van der Waals surface area (Å²) in [5.41, 5.74) is 6.70. The maximum atomic E-state index is 11.9. The van der Waals surface area contributed by atoms with Crippen LogP contribution in [0.2, 0.25) is 0 Å². The van der Waals surface area contributed by atoms with Gasteiger partial charge in [0.2, 0.25) is 0 Å². The van der Waals surface area contributed by atoms with E-state index in [2.05, 4.69) is 0 Å². The van der Waals surface area contributed by atoms with Crippen LogP contribution in [0.1, 0.15) is 18.4 Å². The van der Waals surface area contributed by atoms with Crippen LogP contribution < -0.4 is 5.73 Å². The fourth-order valence-electron chi connectivity index (χ4n) is 1.90. The molecule has 0 bridgehead atoms. The van der Waals surface area contributed by atoms with E-state index < -0.39 is 10.1 Å². The third-order valence-corrected chi connectivity index (χ3v) is 4.42. The van der Waals surface area contributed by atoms with Crippen LogP contribution in [0.15, 0.2) is 29.2 Å². The highest BCUT2D eigenvalue weighted by Crippen LogP contribution is 2.17. The van der Waals surface area contributed by atoms with E-state index in [0.29, 0.717) is 6.61 Å². The van der Waals surface area contributed by atoms with E-state index in [1.165, 1.54) is 0 Å². The van der Waals surface area contributed by atoms with Gasteiger partial charge in [0, 0.05) is 6.04 Å². The Morgan fingerprint density at radius 2 is 2.00 bits per heavy atom. The molecule has 0 amide bonds. The second-order valence-electron chi connectivity index (χ2n) is 4.84. The summed E-state index contributed by atoms with van der Waals surface area (Å²) in [7, 11) is -3.70. The van der Waals surface area contributed by atoms with Crippen LogP contribution in [0.4, 0.5) is 0 Å². The van der Waals surface area contributed by atoms with Gasteiger partial charge >= 0.3 is 0 Å². The summed E-state index contributed by atoms with van der Waals surface area (Å²) in [5, 5.41) is 0. The molecule has 19 heavy (non-hydrogen) atoms. The van der Waals surface area contributed by atoms with Crippen molar-refractivity contribution in [1.82, 2.24) is 0 Å². The van der Waals surface area contributed by atoms with E-state index in [1.807, 2.05) is 6.92 Å². The molecule has 6 heteroatoms. The molecule has 0 unspecified atom stereocenters. The molecule has 2 N–H and O–H groups in total. The number of aryl methyl sites for hydroxylation is 1. The fourth-order valence-corrected chi connectivity index (χ4v) is 2.83. The van der Waals surface area contributed by atoms with Crippen molar-refractivity contribution < 1.29 is 17.3 Å². The van der Waals surface area contributed by atoms with Crippen molar-refractivity contribution in [2.45, 2.75) is 36.8 Å². The predicted octanol–water partition coefficient (Wildman–Crippen LogP) is 1.21. The summed E-state index contributed by atoms with van der Waals surface area (Å²) >= 11 is 0. The zero-order chi connectivity index (χ0) is 13.9. The number of benzene rings is 1. The zero-order valence-corrected chi connectivity index (χ0v) is 11.7. The quantitative estimate of drug-likeness (QED) is 0.841. The van der Waals surface area contributed by atoms with Crippen molar-refractivity contribution >= 4 is 10.1 Å². The van der Waals surface area contributed by atoms with Gasteiger partial charge in [0.25, 0.3) is 10.1 Å². The second kappa shape index (κ2) is 6.00. The third kappa shape index (κ3) is 4.01. The summed E-state index contributed by atoms with van der Waals surface area (Å²) in [6.45, 7) is 2.40. The van der Waals surface area contributed by atoms with Gasteiger partial charge < -0.3 is 10.5 Å². The topological polar surface area (TPSA) is 78.6 Å². The summed E-state index contributed by atoms with van der Waals surface area (Å²) in [5.74, 6) is 0. The first-order valence-electron chi connectivity index (χ1n) is 6.30. The highest BCUT2D eigenvalue weighted by atomic mass is 32.2. The Morgan fingerprint density at radius 1 is 1.32 bits per heavy atom. The Morgan fingerprint density at radius 3 is 2.58 bits per heavy atom. The van der Waals surface area contributed by atoms with Crippen molar-refractivity contribution in [3.8, 4) is 0 Å². The first kappa shape index (κ1) is 14.5. The zero-order valence-electron chi connectivity index (χ0n) is 10.9. The molecular formula is C13H19NO4S. The molecule has 0 saturated carbocycles. The molecule has 1 aliphatic rings. The summed E-state index contributed by atoms with van der Waals surface area (Å²) in [6, 6.07) is 6.62. The maximum absolute atomic E-state index is 11.9. The van der Waals surface area contributed by atoms with Crippen LogP contribution in [0, 0.1) is 6.92 Å². The lowest BCUT2D eigenvalue weighted by molar-refractivity contribution is -0.0184. The fraction of sp³-hybridized carbons (Fsp3) is 0.538. The molecule has 1 aliphatic heterocycles. The largest absolute Gasteiger partial charge is 0.374 e. The van der Waals surface area contributed by atoms with Crippen LogP contribution in [-0.4, -0.2) is 33.8 Å². The van der Waals surface area contributed by atoms with Crippen LogP contribution in [0.3, 0.4) is 0 Å². The average molecular weight is 285 g/mol. The van der Waals surface area contributed by atoms with Crippen molar-refractivity contribution in [1.29, 1.82) is 0 Å². The number of hydrogen-bond acceptors (Lipinski definition) is 5. The van der Waals surface area contributed by atoms with Crippen LogP contribution in [-0.2, 0) is 19.0 Å². The normalized spacial score (nSPS) is 24.3. The Balaban J connectivity index is 1.92. The lowest BCUT2D eigenvalue weighted by atomic mass is 10.1. The minimum atomic E-state index is -3.70. The Bertz CT molecular complexity index is 504. The van der Waals surface area contributed by atoms with E-state index >= 15 is 0 Å². The molecule has 1 aromatic rings. The van der Waals surface area contributed by atoms with Gasteiger partial charge in [0.15, 0.2) is 0 Å². The van der Waals surface area contributed by atoms with Crippen molar-refractivity contribution in [3.63, 3.8) is 0 Å². The lowest BCUT2D eigenvalue weighted by Crippen LogP contribution is -2.37. The SMILES string of the molecule is Cc1ccc(S(=O)(=O)OC[C@@H]2CC[C@@H](N)CO2)cc1. The van der Waals surface area contributed by atoms with E-state index in [-0.39, 0.29) is 23.6 Å². The molecule has 1 saturated heterocycles. The highest BCUT2D eigenvalue weighted by Gasteiger charge is 2.22. The minimum Gasteiger partial charge on any atom is -0.374 e. The van der Waals surface area contributed by atoms with Crippen LogP contribution in [0.5, 0.6) is 0 Å². The Labute approximate surface area is 113 Å². The molecule has 1 fully saturated rings. The standard InChI is InChI=1S/C13H19NO4S/c1-10-2-6-13(7-3-10)19(15,16)18-9-12-5-4-11(14)8-17-12/h2-3,6-7,11-12H,4-5,8-9,14H2,1H3/t11-,12+/m1/s1. The molecule has 2 rings (SSSR count). The van der Waals surface area contributed by atoms with Crippen LogP contribution in [0.25, 0.3) is 0 Å². The number of hydrogen-bond donors (Lipinski definition) is 1. The molecule has 5 nitrogen and oxygen atoms in total. The Kier molecular flexibility index (Phi) is 4.57. The average Bonchev–Trinajstić information content (AvgIpc) is 2.39.